The highest BCUT2D eigenvalue weighted by Gasteiger charge is 2.19. The van der Waals surface area contributed by atoms with Gasteiger partial charge in [-0.1, -0.05) is 212 Å². The van der Waals surface area contributed by atoms with Crippen molar-refractivity contribution in [1.82, 2.24) is 15.0 Å². The lowest BCUT2D eigenvalue weighted by Crippen LogP contribution is -2.02. The number of aromatic nitrogens is 3. The van der Waals surface area contributed by atoms with E-state index in [0.29, 0.717) is 17.5 Å². The largest absolute Gasteiger partial charge is 0.208 e. The van der Waals surface area contributed by atoms with Crippen molar-refractivity contribution in [3.8, 4) is 78.7 Å². The number of rotatable bonds is 7. The zero-order valence-corrected chi connectivity index (χ0v) is 32.7. The van der Waals surface area contributed by atoms with Crippen molar-refractivity contribution in [1.29, 1.82) is 0 Å². The first-order valence-electron chi connectivity index (χ1n) is 20.4. The summed E-state index contributed by atoms with van der Waals surface area (Å²) >= 11 is 0. The van der Waals surface area contributed by atoms with Gasteiger partial charge in [-0.15, -0.1) is 0 Å². The van der Waals surface area contributed by atoms with Gasteiger partial charge < -0.3 is 0 Å². The van der Waals surface area contributed by atoms with Crippen molar-refractivity contribution >= 4 is 32.3 Å². The van der Waals surface area contributed by atoms with Crippen molar-refractivity contribution in [2.24, 2.45) is 0 Å². The van der Waals surface area contributed by atoms with Gasteiger partial charge in [-0.25, -0.2) is 15.0 Å². The molecule has 0 amide bonds. The van der Waals surface area contributed by atoms with Gasteiger partial charge in [-0.3, -0.25) is 0 Å². The molecule has 0 aliphatic carbocycles. The van der Waals surface area contributed by atoms with E-state index >= 15 is 0 Å². The second-order valence-electron chi connectivity index (χ2n) is 15.1. The van der Waals surface area contributed by atoms with Crippen molar-refractivity contribution in [3.63, 3.8) is 0 Å². The standard InChI is InChI=1S/C57H37N3/c1-3-17-38(18-4-1)44-33-34-46(49-28-10-9-26-47(44)49)41-23-15-24-42(37-41)55-58-56(53-31-14-13-29-51(53)50-32-16-22-40-21-7-8-25-43(40)50)60-57(59-55)54-36-35-45(39-19-5-2-6-20-39)48-27-11-12-30-52(48)54/h1-37H. The minimum atomic E-state index is 0.617. The van der Waals surface area contributed by atoms with Crippen molar-refractivity contribution in [3.05, 3.63) is 224 Å². The summed E-state index contributed by atoms with van der Waals surface area (Å²) in [7, 11) is 0. The molecule has 0 bridgehead atoms. The lowest BCUT2D eigenvalue weighted by Gasteiger charge is -2.16. The van der Waals surface area contributed by atoms with Gasteiger partial charge in [0, 0.05) is 16.7 Å². The monoisotopic (exact) mass is 763 g/mol. The minimum Gasteiger partial charge on any atom is -0.208 e. The summed E-state index contributed by atoms with van der Waals surface area (Å²) in [6, 6.07) is 79.4. The highest BCUT2D eigenvalue weighted by molar-refractivity contribution is 6.06. The lowest BCUT2D eigenvalue weighted by atomic mass is 9.91. The SMILES string of the molecule is c1ccc(-c2ccc(-c3cccc(-c4nc(-c5ccccc5-c5cccc6ccccc56)nc(-c5ccc(-c6ccccc6)c6ccccc56)n4)c3)c3ccccc23)cc1. The molecule has 0 saturated heterocycles. The predicted molar refractivity (Wildman–Crippen MR) is 250 cm³/mol. The third-order valence-electron chi connectivity index (χ3n) is 11.6. The first kappa shape index (κ1) is 35.2. The Morgan fingerprint density at radius 1 is 0.200 bits per heavy atom. The molecule has 11 rings (SSSR count). The number of hydrogen-bond acceptors (Lipinski definition) is 3. The average molecular weight is 764 g/mol. The Labute approximate surface area is 349 Å². The summed E-state index contributed by atoms with van der Waals surface area (Å²) < 4.78 is 0. The Hall–Kier alpha value is -8.01. The highest BCUT2D eigenvalue weighted by atomic mass is 15.0. The molecule has 10 aromatic carbocycles. The highest BCUT2D eigenvalue weighted by Crippen LogP contribution is 2.40. The summed E-state index contributed by atoms with van der Waals surface area (Å²) in [5, 5.41) is 7.02. The summed E-state index contributed by atoms with van der Waals surface area (Å²) in [5.41, 5.74) is 12.0. The van der Waals surface area contributed by atoms with Crippen molar-refractivity contribution in [2.45, 2.75) is 0 Å². The van der Waals surface area contributed by atoms with E-state index in [1.54, 1.807) is 0 Å². The quantitative estimate of drug-likeness (QED) is 0.162. The van der Waals surface area contributed by atoms with E-state index in [1.807, 2.05) is 0 Å². The molecular formula is C57H37N3. The van der Waals surface area contributed by atoms with Crippen LogP contribution >= 0.6 is 0 Å². The molecule has 3 nitrogen and oxygen atoms in total. The Balaban J connectivity index is 1.12. The molecule has 0 unspecified atom stereocenters. The van der Waals surface area contributed by atoms with Gasteiger partial charge in [0.15, 0.2) is 17.5 Å². The number of fused-ring (bicyclic) bond motifs is 3. The second kappa shape index (κ2) is 15.1. The van der Waals surface area contributed by atoms with E-state index < -0.39 is 0 Å². The van der Waals surface area contributed by atoms with Gasteiger partial charge in [0.1, 0.15) is 0 Å². The topological polar surface area (TPSA) is 38.7 Å². The van der Waals surface area contributed by atoms with Gasteiger partial charge in [0.05, 0.1) is 0 Å². The van der Waals surface area contributed by atoms with E-state index in [-0.39, 0.29) is 0 Å². The molecule has 0 radical (unpaired) electrons. The molecule has 0 N–H and O–H groups in total. The molecule has 280 valence electrons. The van der Waals surface area contributed by atoms with E-state index in [2.05, 4.69) is 224 Å². The first-order chi connectivity index (χ1) is 29.8. The Morgan fingerprint density at radius 3 is 1.22 bits per heavy atom. The van der Waals surface area contributed by atoms with Crippen LogP contribution in [0.4, 0.5) is 0 Å². The summed E-state index contributed by atoms with van der Waals surface area (Å²) in [5.74, 6) is 1.87. The molecule has 1 aromatic heterocycles. The van der Waals surface area contributed by atoms with Crippen LogP contribution in [-0.4, -0.2) is 15.0 Å². The van der Waals surface area contributed by atoms with Crippen LogP contribution in [0, 0.1) is 0 Å². The third-order valence-corrected chi connectivity index (χ3v) is 11.6. The van der Waals surface area contributed by atoms with Gasteiger partial charge in [-0.2, -0.15) is 0 Å². The molecule has 0 aliphatic heterocycles. The summed E-state index contributed by atoms with van der Waals surface area (Å²) in [4.78, 5) is 16.0. The number of nitrogens with zero attached hydrogens (tertiary/aromatic N) is 3. The van der Waals surface area contributed by atoms with Crippen LogP contribution in [-0.2, 0) is 0 Å². The van der Waals surface area contributed by atoms with Crippen LogP contribution in [0.5, 0.6) is 0 Å². The van der Waals surface area contributed by atoms with Gasteiger partial charge in [0.25, 0.3) is 0 Å². The molecule has 0 fully saturated rings. The lowest BCUT2D eigenvalue weighted by molar-refractivity contribution is 1.08. The maximum absolute atomic E-state index is 5.36. The van der Waals surface area contributed by atoms with Crippen LogP contribution in [0.25, 0.3) is 111 Å². The first-order valence-corrected chi connectivity index (χ1v) is 20.4. The second-order valence-corrected chi connectivity index (χ2v) is 15.1. The third kappa shape index (κ3) is 6.30. The Kier molecular flexibility index (Phi) is 8.83. The number of hydrogen-bond donors (Lipinski definition) is 0. The fourth-order valence-electron chi connectivity index (χ4n) is 8.73. The smallest absolute Gasteiger partial charge is 0.164 e. The molecule has 11 aromatic rings. The molecule has 0 saturated carbocycles. The average Bonchev–Trinajstić information content (AvgIpc) is 3.33. The van der Waals surface area contributed by atoms with Gasteiger partial charge >= 0.3 is 0 Å². The predicted octanol–water partition coefficient (Wildman–Crippen LogP) is 15.0. The van der Waals surface area contributed by atoms with E-state index in [9.17, 15) is 0 Å². The summed E-state index contributed by atoms with van der Waals surface area (Å²) in [6.07, 6.45) is 0. The zero-order chi connectivity index (χ0) is 39.8. The van der Waals surface area contributed by atoms with Crippen LogP contribution in [0.3, 0.4) is 0 Å². The Bertz CT molecular complexity index is 3370. The van der Waals surface area contributed by atoms with Crippen LogP contribution in [0.15, 0.2) is 224 Å². The van der Waals surface area contributed by atoms with Crippen LogP contribution in [0.1, 0.15) is 0 Å². The van der Waals surface area contributed by atoms with Crippen molar-refractivity contribution in [2.75, 3.05) is 0 Å². The van der Waals surface area contributed by atoms with Crippen LogP contribution < -0.4 is 0 Å². The molecule has 0 aliphatic rings. The fourth-order valence-corrected chi connectivity index (χ4v) is 8.73. The van der Waals surface area contributed by atoms with Gasteiger partial charge in [0.2, 0.25) is 0 Å². The zero-order valence-electron chi connectivity index (χ0n) is 32.7. The maximum atomic E-state index is 5.36. The van der Waals surface area contributed by atoms with Gasteiger partial charge in [-0.05, 0) is 89.0 Å². The minimum absolute atomic E-state index is 0.617. The fraction of sp³-hybridized carbons (Fsp3) is 0. The Morgan fingerprint density at radius 2 is 0.583 bits per heavy atom. The van der Waals surface area contributed by atoms with E-state index in [1.165, 1.54) is 43.8 Å². The maximum Gasteiger partial charge on any atom is 0.164 e. The molecule has 0 atom stereocenters. The molecule has 0 spiro atoms. The van der Waals surface area contributed by atoms with E-state index in [0.717, 1.165) is 49.7 Å². The molecular weight excluding hydrogens is 727 g/mol. The van der Waals surface area contributed by atoms with Crippen molar-refractivity contribution < 1.29 is 0 Å². The number of benzene rings is 10. The summed E-state index contributed by atoms with van der Waals surface area (Å²) in [6.45, 7) is 0. The van der Waals surface area contributed by atoms with E-state index in [4.69, 9.17) is 15.0 Å². The normalized spacial score (nSPS) is 11.3. The molecule has 3 heteroatoms. The molecule has 60 heavy (non-hydrogen) atoms. The molecule has 1 heterocycles. The van der Waals surface area contributed by atoms with Crippen LogP contribution in [0.2, 0.25) is 0 Å².